The molecule has 3 rings (SSSR count). The molecule has 1 amide bonds. The van der Waals surface area contributed by atoms with Crippen molar-refractivity contribution in [1.82, 2.24) is 25.2 Å². The number of rotatable bonds is 4. The van der Waals surface area contributed by atoms with E-state index in [1.807, 2.05) is 11.8 Å². The number of hydrogen-bond acceptors (Lipinski definition) is 7. The Bertz CT molecular complexity index is 652. The first-order valence-electron chi connectivity index (χ1n) is 7.06. The first-order chi connectivity index (χ1) is 10.6. The molecule has 1 fully saturated rings. The zero-order valence-electron chi connectivity index (χ0n) is 12.5. The second-order valence-electron chi connectivity index (χ2n) is 5.24. The summed E-state index contributed by atoms with van der Waals surface area (Å²) in [6.07, 6.45) is -0.221. The molecule has 1 saturated heterocycles. The van der Waals surface area contributed by atoms with Crippen LogP contribution in [-0.4, -0.2) is 57.4 Å². The van der Waals surface area contributed by atoms with Gasteiger partial charge in [-0.3, -0.25) is 14.8 Å². The molecule has 1 aliphatic rings. The van der Waals surface area contributed by atoms with Gasteiger partial charge in [0.25, 0.3) is 0 Å². The largest absolute Gasteiger partial charge is 0.367 e. The molecule has 2 aromatic heterocycles. The van der Waals surface area contributed by atoms with Gasteiger partial charge in [-0.25, -0.2) is 4.98 Å². The summed E-state index contributed by atoms with van der Waals surface area (Å²) < 4.78 is 10.6. The highest BCUT2D eigenvalue weighted by molar-refractivity contribution is 5.91. The van der Waals surface area contributed by atoms with Crippen molar-refractivity contribution in [1.29, 1.82) is 0 Å². The molecule has 3 heterocycles. The van der Waals surface area contributed by atoms with Gasteiger partial charge < -0.3 is 14.6 Å². The molecule has 118 valence electrons. The average molecular weight is 306 g/mol. The maximum Gasteiger partial charge on any atom is 0.239 e. The number of aromatic nitrogens is 4. The van der Waals surface area contributed by atoms with Gasteiger partial charge in [-0.05, 0) is 13.8 Å². The van der Waals surface area contributed by atoms with Crippen molar-refractivity contribution in [3.8, 4) is 0 Å². The van der Waals surface area contributed by atoms with E-state index in [9.17, 15) is 4.79 Å². The van der Waals surface area contributed by atoms with Gasteiger partial charge in [0.1, 0.15) is 17.7 Å². The number of anilines is 1. The van der Waals surface area contributed by atoms with Crippen LogP contribution < -0.4 is 5.32 Å². The van der Waals surface area contributed by atoms with Crippen molar-refractivity contribution < 1.29 is 14.1 Å². The Morgan fingerprint density at radius 2 is 2.41 bits per heavy atom. The smallest absolute Gasteiger partial charge is 0.239 e. The van der Waals surface area contributed by atoms with Crippen LogP contribution in [0.1, 0.15) is 23.5 Å². The number of aromatic amines is 1. The molecule has 2 aromatic rings. The van der Waals surface area contributed by atoms with E-state index in [-0.39, 0.29) is 18.6 Å². The first-order valence-corrected chi connectivity index (χ1v) is 7.06. The molecule has 0 unspecified atom stereocenters. The molecule has 1 aliphatic heterocycles. The van der Waals surface area contributed by atoms with Gasteiger partial charge in [-0.15, -0.1) is 0 Å². The lowest BCUT2D eigenvalue weighted by molar-refractivity contribution is -0.119. The summed E-state index contributed by atoms with van der Waals surface area (Å²) in [5, 5.41) is 13.4. The lowest BCUT2D eigenvalue weighted by atomic mass is 10.2. The maximum absolute atomic E-state index is 12.0. The zero-order chi connectivity index (χ0) is 15.5. The maximum atomic E-state index is 12.0. The van der Waals surface area contributed by atoms with Crippen molar-refractivity contribution in [3.63, 3.8) is 0 Å². The van der Waals surface area contributed by atoms with E-state index < -0.39 is 0 Å². The van der Waals surface area contributed by atoms with E-state index >= 15 is 0 Å². The molecule has 9 heteroatoms. The van der Waals surface area contributed by atoms with Crippen molar-refractivity contribution in [3.05, 3.63) is 23.5 Å². The van der Waals surface area contributed by atoms with Crippen LogP contribution in [0.15, 0.2) is 10.6 Å². The number of hydrogen-bond donors (Lipinski definition) is 2. The Morgan fingerprint density at radius 3 is 3.09 bits per heavy atom. The Hall–Kier alpha value is -2.26. The van der Waals surface area contributed by atoms with Crippen LogP contribution in [-0.2, 0) is 9.53 Å². The number of H-pyrrole nitrogens is 1. The summed E-state index contributed by atoms with van der Waals surface area (Å²) in [4.78, 5) is 18.3. The highest BCUT2D eigenvalue weighted by atomic mass is 16.5. The Kier molecular flexibility index (Phi) is 4.16. The number of nitrogens with zero attached hydrogens (tertiary/aromatic N) is 4. The second kappa shape index (κ2) is 6.24. The van der Waals surface area contributed by atoms with Crippen molar-refractivity contribution in [2.75, 3.05) is 31.6 Å². The van der Waals surface area contributed by atoms with Crippen molar-refractivity contribution in [2.24, 2.45) is 0 Å². The molecule has 0 aromatic carbocycles. The molecular formula is C13H18N6O3. The second-order valence-corrected chi connectivity index (χ2v) is 5.24. The van der Waals surface area contributed by atoms with Crippen LogP contribution in [0, 0.1) is 13.8 Å². The highest BCUT2D eigenvalue weighted by Gasteiger charge is 2.26. The van der Waals surface area contributed by atoms with Crippen LogP contribution in [0.25, 0.3) is 0 Å². The molecule has 2 N–H and O–H groups in total. The summed E-state index contributed by atoms with van der Waals surface area (Å²) >= 11 is 0. The molecule has 0 bridgehead atoms. The van der Waals surface area contributed by atoms with Gasteiger partial charge in [0.2, 0.25) is 5.91 Å². The fourth-order valence-corrected chi connectivity index (χ4v) is 2.32. The summed E-state index contributed by atoms with van der Waals surface area (Å²) in [7, 11) is 0. The van der Waals surface area contributed by atoms with Gasteiger partial charge in [0.15, 0.2) is 11.6 Å². The molecule has 9 nitrogen and oxygen atoms in total. The summed E-state index contributed by atoms with van der Waals surface area (Å²) in [5.41, 5.74) is 0. The molecule has 1 atom stereocenters. The number of carbonyl (C=O) groups is 1. The van der Waals surface area contributed by atoms with E-state index in [0.717, 1.165) is 5.82 Å². The van der Waals surface area contributed by atoms with Crippen LogP contribution >= 0.6 is 0 Å². The van der Waals surface area contributed by atoms with Gasteiger partial charge >= 0.3 is 0 Å². The van der Waals surface area contributed by atoms with E-state index in [1.165, 1.54) is 0 Å². The number of nitrogens with one attached hydrogen (secondary N) is 2. The molecule has 0 aliphatic carbocycles. The van der Waals surface area contributed by atoms with Crippen LogP contribution in [0.2, 0.25) is 0 Å². The monoisotopic (exact) mass is 306 g/mol. The van der Waals surface area contributed by atoms with Gasteiger partial charge in [0, 0.05) is 19.2 Å². The fourth-order valence-electron chi connectivity index (χ4n) is 2.32. The lowest BCUT2D eigenvalue weighted by Gasteiger charge is -2.30. The zero-order valence-corrected chi connectivity index (χ0v) is 12.5. The Labute approximate surface area is 127 Å². The molecule has 0 saturated carbocycles. The number of ether oxygens (including phenoxy) is 1. The molecule has 0 radical (unpaired) electrons. The SMILES string of the molecule is Cc1nc([C@@H]2CN(CC(=O)Nc3cc(C)on3)CCO2)n[nH]1. The number of aryl methyl sites for hydroxylation is 2. The minimum atomic E-state index is -0.221. The third-order valence-electron chi connectivity index (χ3n) is 3.32. The highest BCUT2D eigenvalue weighted by Crippen LogP contribution is 2.18. The minimum Gasteiger partial charge on any atom is -0.367 e. The van der Waals surface area contributed by atoms with E-state index in [1.54, 1.807) is 13.0 Å². The Morgan fingerprint density at radius 1 is 1.55 bits per heavy atom. The predicted octanol–water partition coefficient (Wildman–Crippen LogP) is 0.422. The van der Waals surface area contributed by atoms with Crippen molar-refractivity contribution >= 4 is 11.7 Å². The minimum absolute atomic E-state index is 0.139. The van der Waals surface area contributed by atoms with E-state index in [0.29, 0.717) is 37.1 Å². The Balaban J connectivity index is 1.54. The lowest BCUT2D eigenvalue weighted by Crippen LogP contribution is -2.42. The fraction of sp³-hybridized carbons (Fsp3) is 0.538. The molecular weight excluding hydrogens is 288 g/mol. The van der Waals surface area contributed by atoms with Gasteiger partial charge in [-0.2, -0.15) is 5.10 Å². The molecule has 0 spiro atoms. The number of carbonyl (C=O) groups excluding carboxylic acids is 1. The predicted molar refractivity (Wildman–Crippen MR) is 76.1 cm³/mol. The summed E-state index contributed by atoms with van der Waals surface area (Å²) in [6.45, 7) is 5.66. The van der Waals surface area contributed by atoms with E-state index in [4.69, 9.17) is 9.26 Å². The first kappa shape index (κ1) is 14.7. The topological polar surface area (TPSA) is 109 Å². The summed E-state index contributed by atoms with van der Waals surface area (Å²) in [6, 6.07) is 1.68. The van der Waals surface area contributed by atoms with Crippen LogP contribution in [0.3, 0.4) is 0 Å². The standard InChI is InChI=1S/C13H18N6O3/c1-8-5-11(18-22-8)15-12(20)7-19-3-4-21-10(6-19)13-14-9(2)16-17-13/h5,10H,3-4,6-7H2,1-2H3,(H,14,16,17)(H,15,18,20)/t10-/m0/s1. The third kappa shape index (κ3) is 3.49. The molecule has 22 heavy (non-hydrogen) atoms. The van der Waals surface area contributed by atoms with Gasteiger partial charge in [0.05, 0.1) is 13.2 Å². The average Bonchev–Trinajstić information content (AvgIpc) is 3.08. The summed E-state index contributed by atoms with van der Waals surface area (Å²) in [5.74, 6) is 2.31. The quantitative estimate of drug-likeness (QED) is 0.842. The van der Waals surface area contributed by atoms with E-state index in [2.05, 4.69) is 25.7 Å². The third-order valence-corrected chi connectivity index (χ3v) is 3.32. The van der Waals surface area contributed by atoms with Crippen LogP contribution in [0.5, 0.6) is 0 Å². The number of morpholine rings is 1. The normalized spacial score (nSPS) is 19.3. The van der Waals surface area contributed by atoms with Gasteiger partial charge in [-0.1, -0.05) is 5.16 Å². The van der Waals surface area contributed by atoms with Crippen molar-refractivity contribution in [2.45, 2.75) is 20.0 Å². The number of amides is 1. The van der Waals surface area contributed by atoms with Crippen LogP contribution in [0.4, 0.5) is 5.82 Å².